The largest absolute Gasteiger partial charge is 0.352 e. The molecule has 0 aliphatic heterocycles. The number of rotatable bonds is 7. The van der Waals surface area contributed by atoms with E-state index in [-0.39, 0.29) is 23.6 Å². The Morgan fingerprint density at radius 3 is 2.42 bits per heavy atom. The number of allylic oxidation sites excluding steroid dienone is 2. The molecule has 132 valence electrons. The zero-order valence-electron chi connectivity index (χ0n) is 14.3. The van der Waals surface area contributed by atoms with E-state index in [9.17, 15) is 13.2 Å². The second-order valence-electron chi connectivity index (χ2n) is 6.55. The summed E-state index contributed by atoms with van der Waals surface area (Å²) in [5.74, 6) is 0.125. The van der Waals surface area contributed by atoms with Gasteiger partial charge in [0.15, 0.2) is 0 Å². The number of hydrogen-bond acceptors (Lipinski definition) is 3. The Morgan fingerprint density at radius 2 is 1.83 bits per heavy atom. The van der Waals surface area contributed by atoms with Gasteiger partial charge in [-0.3, -0.25) is 4.79 Å². The second-order valence-corrected chi connectivity index (χ2v) is 8.30. The first-order valence-electron chi connectivity index (χ1n) is 8.36. The van der Waals surface area contributed by atoms with E-state index in [0.717, 1.165) is 30.4 Å². The molecule has 6 heteroatoms. The molecular formula is C18H26N2O3S. The summed E-state index contributed by atoms with van der Waals surface area (Å²) in [5.41, 5.74) is 1.70. The van der Waals surface area contributed by atoms with Gasteiger partial charge in [0.05, 0.1) is 5.75 Å². The number of sulfonamides is 1. The van der Waals surface area contributed by atoms with Crippen molar-refractivity contribution in [2.24, 2.45) is 5.92 Å². The molecule has 1 aliphatic rings. The highest BCUT2D eigenvalue weighted by molar-refractivity contribution is 7.88. The van der Waals surface area contributed by atoms with Crippen molar-refractivity contribution in [1.82, 2.24) is 10.0 Å². The van der Waals surface area contributed by atoms with Gasteiger partial charge in [-0.25, -0.2) is 13.1 Å². The average molecular weight is 350 g/mol. The fraction of sp³-hybridized carbons (Fsp3) is 0.500. The SMILES string of the molecule is CC(C)NS(=O)(=O)Cc1ccc(CNC(=O)C2CC=CCC2)cc1. The Balaban J connectivity index is 1.85. The van der Waals surface area contributed by atoms with Crippen LogP contribution in [0.5, 0.6) is 0 Å². The number of carbonyl (C=O) groups is 1. The second kappa shape index (κ2) is 8.44. The van der Waals surface area contributed by atoms with Crippen molar-refractivity contribution in [1.29, 1.82) is 0 Å². The zero-order chi connectivity index (χ0) is 17.6. The monoisotopic (exact) mass is 350 g/mol. The molecule has 0 spiro atoms. The van der Waals surface area contributed by atoms with Crippen LogP contribution in [0.25, 0.3) is 0 Å². The van der Waals surface area contributed by atoms with Gasteiger partial charge in [0, 0.05) is 18.5 Å². The van der Waals surface area contributed by atoms with Crippen molar-refractivity contribution in [3.63, 3.8) is 0 Å². The van der Waals surface area contributed by atoms with Crippen LogP contribution in [0.15, 0.2) is 36.4 Å². The summed E-state index contributed by atoms with van der Waals surface area (Å²) in [6.07, 6.45) is 6.86. The highest BCUT2D eigenvalue weighted by Gasteiger charge is 2.18. The lowest BCUT2D eigenvalue weighted by Gasteiger charge is -2.17. The van der Waals surface area contributed by atoms with Gasteiger partial charge in [0.25, 0.3) is 0 Å². The maximum absolute atomic E-state index is 12.1. The summed E-state index contributed by atoms with van der Waals surface area (Å²) in [6, 6.07) is 7.20. The molecule has 2 N–H and O–H groups in total. The summed E-state index contributed by atoms with van der Waals surface area (Å²) in [5, 5.41) is 2.96. The van der Waals surface area contributed by atoms with Gasteiger partial charge in [-0.1, -0.05) is 36.4 Å². The molecule has 1 atom stereocenters. The van der Waals surface area contributed by atoms with Gasteiger partial charge < -0.3 is 5.32 Å². The molecule has 1 amide bonds. The zero-order valence-corrected chi connectivity index (χ0v) is 15.1. The fourth-order valence-electron chi connectivity index (χ4n) is 2.74. The van der Waals surface area contributed by atoms with E-state index in [0.29, 0.717) is 6.54 Å². The van der Waals surface area contributed by atoms with E-state index in [2.05, 4.69) is 22.2 Å². The van der Waals surface area contributed by atoms with E-state index in [1.165, 1.54) is 0 Å². The molecule has 0 saturated carbocycles. The quantitative estimate of drug-likeness (QED) is 0.742. The van der Waals surface area contributed by atoms with E-state index < -0.39 is 10.0 Å². The maximum atomic E-state index is 12.1. The first kappa shape index (κ1) is 18.7. The van der Waals surface area contributed by atoms with Gasteiger partial charge >= 0.3 is 0 Å². The molecule has 5 nitrogen and oxygen atoms in total. The standard InChI is InChI=1S/C18H26N2O3S/c1-14(2)20-24(22,23)13-16-10-8-15(9-11-16)12-19-18(21)17-6-4-3-5-7-17/h3-4,8-11,14,17,20H,5-7,12-13H2,1-2H3,(H,19,21). The molecular weight excluding hydrogens is 324 g/mol. The van der Waals surface area contributed by atoms with Crippen molar-refractivity contribution in [2.75, 3.05) is 0 Å². The molecule has 0 radical (unpaired) electrons. The third-order valence-electron chi connectivity index (χ3n) is 3.90. The molecule has 2 rings (SSSR count). The van der Waals surface area contributed by atoms with E-state index >= 15 is 0 Å². The Labute approximate surface area is 144 Å². The van der Waals surface area contributed by atoms with Crippen LogP contribution in [0.3, 0.4) is 0 Å². The van der Waals surface area contributed by atoms with Crippen molar-refractivity contribution in [2.45, 2.75) is 51.4 Å². The van der Waals surface area contributed by atoms with Gasteiger partial charge in [-0.2, -0.15) is 0 Å². The number of carbonyl (C=O) groups excluding carboxylic acids is 1. The van der Waals surface area contributed by atoms with Crippen LogP contribution in [-0.2, 0) is 27.1 Å². The molecule has 1 unspecified atom stereocenters. The van der Waals surface area contributed by atoms with Gasteiger partial charge in [-0.05, 0) is 44.2 Å². The van der Waals surface area contributed by atoms with E-state index in [1.54, 1.807) is 26.0 Å². The smallest absolute Gasteiger partial charge is 0.223 e. The molecule has 0 saturated heterocycles. The third-order valence-corrected chi connectivity index (χ3v) is 5.45. The van der Waals surface area contributed by atoms with Gasteiger partial charge in [-0.15, -0.1) is 0 Å². The Hall–Kier alpha value is -1.66. The average Bonchev–Trinajstić information content (AvgIpc) is 2.53. The number of hydrogen-bond donors (Lipinski definition) is 2. The van der Waals surface area contributed by atoms with Crippen LogP contribution in [0, 0.1) is 5.92 Å². The molecule has 0 heterocycles. The minimum atomic E-state index is -3.31. The Morgan fingerprint density at radius 1 is 1.17 bits per heavy atom. The Kier molecular flexibility index (Phi) is 6.57. The van der Waals surface area contributed by atoms with Crippen molar-refractivity contribution < 1.29 is 13.2 Å². The molecule has 0 aromatic heterocycles. The topological polar surface area (TPSA) is 75.3 Å². The summed E-state index contributed by atoms with van der Waals surface area (Å²) >= 11 is 0. The summed E-state index contributed by atoms with van der Waals surface area (Å²) in [6.45, 7) is 4.06. The first-order chi connectivity index (χ1) is 11.4. The lowest BCUT2D eigenvalue weighted by molar-refractivity contribution is -0.125. The highest BCUT2D eigenvalue weighted by atomic mass is 32.2. The van der Waals surface area contributed by atoms with Crippen LogP contribution in [0.4, 0.5) is 0 Å². The van der Waals surface area contributed by atoms with Crippen LogP contribution < -0.4 is 10.0 Å². The lowest BCUT2D eigenvalue weighted by Crippen LogP contribution is -2.31. The van der Waals surface area contributed by atoms with Crippen LogP contribution in [0.2, 0.25) is 0 Å². The van der Waals surface area contributed by atoms with Gasteiger partial charge in [0.2, 0.25) is 15.9 Å². The number of nitrogens with one attached hydrogen (secondary N) is 2. The molecule has 0 bridgehead atoms. The molecule has 1 aromatic rings. The minimum absolute atomic E-state index is 0.0355. The maximum Gasteiger partial charge on any atom is 0.223 e. The summed E-state index contributed by atoms with van der Waals surface area (Å²) in [4.78, 5) is 12.1. The fourth-order valence-corrected chi connectivity index (χ4v) is 4.17. The normalized spacial score (nSPS) is 17.9. The highest BCUT2D eigenvalue weighted by Crippen LogP contribution is 2.18. The minimum Gasteiger partial charge on any atom is -0.352 e. The number of amides is 1. The van der Waals surface area contributed by atoms with E-state index in [1.807, 2.05) is 12.1 Å². The molecule has 0 fully saturated rings. The molecule has 24 heavy (non-hydrogen) atoms. The predicted octanol–water partition coefficient (Wildman–Crippen LogP) is 2.49. The van der Waals surface area contributed by atoms with Crippen LogP contribution in [0.1, 0.15) is 44.2 Å². The van der Waals surface area contributed by atoms with Crippen molar-refractivity contribution >= 4 is 15.9 Å². The summed E-state index contributed by atoms with van der Waals surface area (Å²) < 4.78 is 26.4. The van der Waals surface area contributed by atoms with Crippen LogP contribution in [-0.4, -0.2) is 20.4 Å². The van der Waals surface area contributed by atoms with Crippen molar-refractivity contribution in [3.05, 3.63) is 47.5 Å². The first-order valence-corrected chi connectivity index (χ1v) is 10.0. The van der Waals surface area contributed by atoms with Crippen LogP contribution >= 0.6 is 0 Å². The van der Waals surface area contributed by atoms with Gasteiger partial charge in [0.1, 0.15) is 0 Å². The lowest BCUT2D eigenvalue weighted by atomic mass is 9.93. The predicted molar refractivity (Wildman–Crippen MR) is 95.7 cm³/mol. The Bertz CT molecular complexity index is 679. The van der Waals surface area contributed by atoms with Crippen molar-refractivity contribution in [3.8, 4) is 0 Å². The summed E-state index contributed by atoms with van der Waals surface area (Å²) in [7, 11) is -3.31. The third kappa shape index (κ3) is 6.09. The molecule has 1 aromatic carbocycles. The molecule has 1 aliphatic carbocycles. The van der Waals surface area contributed by atoms with E-state index in [4.69, 9.17) is 0 Å². The number of benzene rings is 1.